The lowest BCUT2D eigenvalue weighted by atomic mass is 10.00. The monoisotopic (exact) mass is 308 g/mol. The largest absolute Gasteiger partial charge is 0.405 e. The van der Waals surface area contributed by atoms with Gasteiger partial charge in [-0.2, -0.15) is 4.39 Å². The third-order valence-corrected chi connectivity index (χ3v) is 3.19. The van der Waals surface area contributed by atoms with Crippen LogP contribution < -0.4 is 4.74 Å². The van der Waals surface area contributed by atoms with Crippen LogP contribution in [0.15, 0.2) is 24.3 Å². The van der Waals surface area contributed by atoms with Crippen molar-refractivity contribution in [3.8, 4) is 29.4 Å². The van der Waals surface area contributed by atoms with Crippen LogP contribution in [-0.4, -0.2) is 0 Å². The van der Waals surface area contributed by atoms with Crippen LogP contribution in [0.2, 0.25) is 0 Å². The van der Waals surface area contributed by atoms with Gasteiger partial charge in [-0.3, -0.25) is 0 Å². The van der Waals surface area contributed by atoms with Crippen LogP contribution in [-0.2, 0) is 6.42 Å². The molecule has 0 fully saturated rings. The molecule has 2 aromatic rings. The minimum absolute atomic E-state index is 0.192. The molecular weight excluding hydrogens is 296 g/mol. The number of terminal acetylenes is 1. The van der Waals surface area contributed by atoms with E-state index in [1.807, 2.05) is 6.92 Å². The molecule has 2 aromatic carbocycles. The summed E-state index contributed by atoms with van der Waals surface area (Å²) in [5.41, 5.74) is -0.570. The lowest BCUT2D eigenvalue weighted by Gasteiger charge is -2.10. The second kappa shape index (κ2) is 6.52. The summed E-state index contributed by atoms with van der Waals surface area (Å²) in [6, 6.07) is 4.73. The van der Waals surface area contributed by atoms with Crippen molar-refractivity contribution in [2.24, 2.45) is 0 Å². The zero-order chi connectivity index (χ0) is 16.3. The average molecular weight is 308 g/mol. The summed E-state index contributed by atoms with van der Waals surface area (Å²) >= 11 is 0. The molecule has 0 atom stereocenters. The molecule has 0 bridgehead atoms. The molecule has 0 N–H and O–H groups in total. The fraction of sp³-hybridized carbons (Fsp3) is 0.176. The Labute approximate surface area is 125 Å². The zero-order valence-electron chi connectivity index (χ0n) is 11.7. The molecule has 0 radical (unpaired) electrons. The molecule has 0 amide bonds. The van der Waals surface area contributed by atoms with Gasteiger partial charge >= 0.3 is 0 Å². The molecule has 1 nitrogen and oxygen atoms in total. The second-order valence-electron chi connectivity index (χ2n) is 4.61. The molecule has 0 saturated heterocycles. The van der Waals surface area contributed by atoms with Gasteiger partial charge < -0.3 is 4.74 Å². The fourth-order valence-corrected chi connectivity index (χ4v) is 2.14. The Bertz CT molecular complexity index is 747. The fourth-order valence-electron chi connectivity index (χ4n) is 2.14. The molecule has 0 saturated carbocycles. The Hall–Kier alpha value is -2.48. The smallest absolute Gasteiger partial charge is 0.203 e. The topological polar surface area (TPSA) is 9.23 Å². The lowest BCUT2D eigenvalue weighted by Crippen LogP contribution is -2.00. The van der Waals surface area contributed by atoms with Gasteiger partial charge in [0, 0.05) is 11.1 Å². The standard InChI is InChI=1S/C17H12F4O/c1-3-5-10-6-7-11(15(19)14(10)18)12-8-9-13(22-4-2)17(21)16(12)20/h2,6-9H,3,5H2,1H3. The zero-order valence-corrected chi connectivity index (χ0v) is 11.7. The average Bonchev–Trinajstić information content (AvgIpc) is 2.50. The van der Waals surface area contributed by atoms with Gasteiger partial charge in [-0.1, -0.05) is 31.9 Å². The molecular formula is C17H12F4O. The Kier molecular flexibility index (Phi) is 4.71. The van der Waals surface area contributed by atoms with E-state index in [1.165, 1.54) is 12.1 Å². The minimum atomic E-state index is -1.35. The molecule has 0 spiro atoms. The van der Waals surface area contributed by atoms with Crippen molar-refractivity contribution in [3.05, 3.63) is 53.1 Å². The molecule has 5 heteroatoms. The number of rotatable bonds is 4. The van der Waals surface area contributed by atoms with Crippen LogP contribution in [0.25, 0.3) is 11.1 Å². The molecule has 114 valence electrons. The highest BCUT2D eigenvalue weighted by atomic mass is 19.2. The summed E-state index contributed by atoms with van der Waals surface area (Å²) in [4.78, 5) is 0. The number of halogens is 4. The van der Waals surface area contributed by atoms with Crippen LogP contribution >= 0.6 is 0 Å². The van der Waals surface area contributed by atoms with E-state index in [-0.39, 0.29) is 11.1 Å². The van der Waals surface area contributed by atoms with Gasteiger partial charge in [-0.15, -0.1) is 0 Å². The maximum Gasteiger partial charge on any atom is 0.203 e. The molecule has 22 heavy (non-hydrogen) atoms. The van der Waals surface area contributed by atoms with Crippen molar-refractivity contribution in [2.45, 2.75) is 19.8 Å². The summed E-state index contributed by atoms with van der Waals surface area (Å²) < 4.78 is 60.3. The Morgan fingerprint density at radius 2 is 1.50 bits per heavy atom. The molecule has 0 aromatic heterocycles. The van der Waals surface area contributed by atoms with Crippen LogP contribution in [0.5, 0.6) is 5.75 Å². The minimum Gasteiger partial charge on any atom is -0.405 e. The van der Waals surface area contributed by atoms with Gasteiger partial charge in [0.1, 0.15) is 6.11 Å². The third-order valence-electron chi connectivity index (χ3n) is 3.19. The van der Waals surface area contributed by atoms with Crippen molar-refractivity contribution in [1.82, 2.24) is 0 Å². The molecule has 0 aliphatic rings. The molecule has 2 rings (SSSR count). The van der Waals surface area contributed by atoms with E-state index >= 15 is 0 Å². The summed E-state index contributed by atoms with van der Waals surface area (Å²) in [6.07, 6.45) is 7.55. The molecule has 0 unspecified atom stereocenters. The number of hydrogen-bond acceptors (Lipinski definition) is 1. The number of hydrogen-bond donors (Lipinski definition) is 0. The van der Waals surface area contributed by atoms with Gasteiger partial charge in [0.15, 0.2) is 23.2 Å². The summed E-state index contributed by atoms with van der Waals surface area (Å²) in [5.74, 6) is -5.47. The van der Waals surface area contributed by atoms with Gasteiger partial charge in [-0.05, 0) is 24.1 Å². The van der Waals surface area contributed by atoms with Crippen LogP contribution in [0.3, 0.4) is 0 Å². The van der Waals surface area contributed by atoms with Crippen molar-refractivity contribution in [2.75, 3.05) is 0 Å². The van der Waals surface area contributed by atoms with Crippen LogP contribution in [0.4, 0.5) is 17.6 Å². The first-order chi connectivity index (χ1) is 10.5. The Morgan fingerprint density at radius 1 is 0.909 bits per heavy atom. The highest BCUT2D eigenvalue weighted by Crippen LogP contribution is 2.33. The van der Waals surface area contributed by atoms with Gasteiger partial charge in [-0.25, -0.2) is 13.2 Å². The van der Waals surface area contributed by atoms with Gasteiger partial charge in [0.25, 0.3) is 0 Å². The normalized spacial score (nSPS) is 10.4. The van der Waals surface area contributed by atoms with Crippen molar-refractivity contribution in [3.63, 3.8) is 0 Å². The number of aryl methyl sites for hydroxylation is 1. The quantitative estimate of drug-likeness (QED) is 0.580. The van der Waals surface area contributed by atoms with E-state index in [1.54, 1.807) is 6.11 Å². The molecule has 0 aliphatic heterocycles. The summed E-state index contributed by atoms with van der Waals surface area (Å²) in [5, 5.41) is 0. The van der Waals surface area contributed by atoms with Crippen LogP contribution in [0, 0.1) is 35.8 Å². The lowest BCUT2D eigenvalue weighted by molar-refractivity contribution is 0.435. The van der Waals surface area contributed by atoms with Crippen molar-refractivity contribution >= 4 is 0 Å². The van der Waals surface area contributed by atoms with E-state index in [0.29, 0.717) is 12.8 Å². The Morgan fingerprint density at radius 3 is 2.09 bits per heavy atom. The molecule has 0 heterocycles. The first kappa shape index (κ1) is 15.9. The number of benzene rings is 2. The Balaban J connectivity index is 2.56. The first-order valence-electron chi connectivity index (χ1n) is 6.58. The van der Waals surface area contributed by atoms with E-state index < -0.39 is 34.6 Å². The van der Waals surface area contributed by atoms with E-state index in [4.69, 9.17) is 6.42 Å². The van der Waals surface area contributed by atoms with Gasteiger partial charge in [0.05, 0.1) is 0 Å². The highest BCUT2D eigenvalue weighted by molar-refractivity contribution is 5.66. The maximum absolute atomic E-state index is 14.1. The second-order valence-corrected chi connectivity index (χ2v) is 4.61. The van der Waals surface area contributed by atoms with Crippen molar-refractivity contribution in [1.29, 1.82) is 0 Å². The summed E-state index contributed by atoms with van der Waals surface area (Å²) in [7, 11) is 0. The maximum atomic E-state index is 14.1. The van der Waals surface area contributed by atoms with E-state index in [9.17, 15) is 17.6 Å². The van der Waals surface area contributed by atoms with E-state index in [2.05, 4.69) is 4.74 Å². The predicted octanol–water partition coefficient (Wildman–Crippen LogP) is 4.83. The predicted molar refractivity (Wildman–Crippen MR) is 75.2 cm³/mol. The third kappa shape index (κ3) is 2.77. The SMILES string of the molecule is C#COc1ccc(-c2ccc(CCC)c(F)c2F)c(F)c1F. The van der Waals surface area contributed by atoms with Gasteiger partial charge in [0.2, 0.25) is 5.82 Å². The molecule has 0 aliphatic carbocycles. The van der Waals surface area contributed by atoms with Crippen molar-refractivity contribution < 1.29 is 22.3 Å². The first-order valence-corrected chi connectivity index (χ1v) is 6.58. The number of ether oxygens (including phenoxy) is 1. The summed E-state index contributed by atoms with van der Waals surface area (Å²) in [6.45, 7) is 1.82. The van der Waals surface area contributed by atoms with E-state index in [0.717, 1.165) is 12.1 Å². The van der Waals surface area contributed by atoms with Crippen LogP contribution in [0.1, 0.15) is 18.9 Å². The highest BCUT2D eigenvalue weighted by Gasteiger charge is 2.21.